The quantitative estimate of drug-likeness (QED) is 0.687. The van der Waals surface area contributed by atoms with Gasteiger partial charge in [0, 0.05) is 13.1 Å². The van der Waals surface area contributed by atoms with E-state index >= 15 is 0 Å². The van der Waals surface area contributed by atoms with Gasteiger partial charge in [0.2, 0.25) is 0 Å². The second-order valence-corrected chi connectivity index (χ2v) is 8.68. The number of sulfone groups is 1. The highest BCUT2D eigenvalue weighted by Gasteiger charge is 2.18. The van der Waals surface area contributed by atoms with Crippen molar-refractivity contribution in [2.45, 2.75) is 37.9 Å². The molecule has 7 nitrogen and oxygen atoms in total. The number of hydrogen-bond acceptors (Lipinski definition) is 6. The van der Waals surface area contributed by atoms with Gasteiger partial charge in [0.05, 0.1) is 17.4 Å². The predicted molar refractivity (Wildman–Crippen MR) is 99.5 cm³/mol. The molecule has 0 aromatic heterocycles. The summed E-state index contributed by atoms with van der Waals surface area (Å²) in [6, 6.07) is 7.55. The first-order chi connectivity index (χ1) is 12.9. The van der Waals surface area contributed by atoms with Gasteiger partial charge < -0.3 is 9.64 Å². The zero-order valence-electron chi connectivity index (χ0n) is 15.2. The number of rotatable bonds is 6. The summed E-state index contributed by atoms with van der Waals surface area (Å²) >= 11 is 0. The Labute approximate surface area is 159 Å². The molecule has 0 unspecified atom stereocenters. The summed E-state index contributed by atoms with van der Waals surface area (Å²) in [5.41, 5.74) is 0.732. The summed E-state index contributed by atoms with van der Waals surface area (Å²) in [5, 5.41) is 8.50. The van der Waals surface area contributed by atoms with Gasteiger partial charge in [0.15, 0.2) is 16.4 Å². The van der Waals surface area contributed by atoms with Crippen molar-refractivity contribution in [3.63, 3.8) is 0 Å². The van der Waals surface area contributed by atoms with Gasteiger partial charge in [-0.15, -0.1) is 0 Å². The normalized spacial score (nSPS) is 15.3. The Kier molecular flexibility index (Phi) is 7.80. The van der Waals surface area contributed by atoms with Gasteiger partial charge >= 0.3 is 5.97 Å². The molecule has 0 bridgehead atoms. The molecule has 1 saturated heterocycles. The van der Waals surface area contributed by atoms with Crippen molar-refractivity contribution in [1.29, 1.82) is 5.26 Å². The highest BCUT2D eigenvalue weighted by molar-refractivity contribution is 7.90. The molecule has 8 heteroatoms. The first-order valence-corrected chi connectivity index (χ1v) is 10.8. The third-order valence-corrected chi connectivity index (χ3v) is 5.74. The number of amides is 1. The first-order valence-electron chi connectivity index (χ1n) is 9.02. The van der Waals surface area contributed by atoms with Crippen LogP contribution in [0.3, 0.4) is 0 Å². The predicted octanol–water partition coefficient (Wildman–Crippen LogP) is 2.07. The first kappa shape index (κ1) is 20.9. The summed E-state index contributed by atoms with van der Waals surface area (Å²) in [7, 11) is -3.48. The number of nitriles is 1. The van der Waals surface area contributed by atoms with Gasteiger partial charge in [0.25, 0.3) is 5.91 Å². The molecule has 0 N–H and O–H groups in total. The van der Waals surface area contributed by atoms with Gasteiger partial charge in [-0.25, -0.2) is 13.2 Å². The molecule has 146 valence electrons. The van der Waals surface area contributed by atoms with Gasteiger partial charge in [-0.2, -0.15) is 5.26 Å². The fraction of sp³-hybridized carbons (Fsp3) is 0.526. The minimum atomic E-state index is -3.48. The van der Waals surface area contributed by atoms with E-state index in [0.29, 0.717) is 18.7 Å². The number of carbonyl (C=O) groups is 2. The van der Waals surface area contributed by atoms with Crippen molar-refractivity contribution in [3.8, 4) is 6.07 Å². The molecule has 0 atom stereocenters. The third-order valence-electron chi connectivity index (χ3n) is 4.40. The average Bonchev–Trinajstić information content (AvgIpc) is 2.59. The molecule has 1 aromatic rings. The Bertz CT molecular complexity index is 788. The lowest BCUT2D eigenvalue weighted by Gasteiger charge is -2.24. The van der Waals surface area contributed by atoms with Crippen molar-refractivity contribution in [2.75, 3.05) is 25.4 Å². The maximum atomic E-state index is 12.2. The molecule has 1 aliphatic rings. The van der Waals surface area contributed by atoms with Crippen LogP contribution in [-0.2, 0) is 25.1 Å². The van der Waals surface area contributed by atoms with Crippen LogP contribution in [0.5, 0.6) is 0 Å². The zero-order chi connectivity index (χ0) is 19.7. The van der Waals surface area contributed by atoms with Gasteiger partial charge in [-0.1, -0.05) is 31.4 Å². The Morgan fingerprint density at radius 3 is 2.22 bits per heavy atom. The topological polar surface area (TPSA) is 105 Å². The van der Waals surface area contributed by atoms with Crippen LogP contribution < -0.4 is 0 Å². The van der Waals surface area contributed by atoms with E-state index in [4.69, 9.17) is 10.00 Å². The maximum absolute atomic E-state index is 12.2. The zero-order valence-corrected chi connectivity index (χ0v) is 16.0. The number of benzene rings is 1. The Balaban J connectivity index is 1.86. The molecule has 2 rings (SSSR count). The number of likely N-dealkylation sites (tertiary alicyclic amines) is 1. The monoisotopic (exact) mass is 392 g/mol. The highest BCUT2D eigenvalue weighted by Crippen LogP contribution is 2.12. The van der Waals surface area contributed by atoms with Crippen molar-refractivity contribution >= 4 is 21.7 Å². The fourth-order valence-corrected chi connectivity index (χ4v) is 3.94. The lowest BCUT2D eigenvalue weighted by atomic mass is 10.1. The van der Waals surface area contributed by atoms with Crippen LogP contribution in [0.4, 0.5) is 0 Å². The largest absolute Gasteiger partial charge is 0.452 e. The molecule has 1 amide bonds. The number of hydrogen-bond donors (Lipinski definition) is 0. The molecule has 0 saturated carbocycles. The smallest absolute Gasteiger partial charge is 0.338 e. The number of ether oxygens (including phenoxy) is 1. The molecule has 1 fully saturated rings. The molecule has 0 aliphatic carbocycles. The summed E-state index contributed by atoms with van der Waals surface area (Å²) in [6.07, 6.45) is 5.36. The van der Waals surface area contributed by atoms with Crippen LogP contribution in [0, 0.1) is 11.3 Å². The lowest BCUT2D eigenvalue weighted by Crippen LogP contribution is -2.36. The van der Waals surface area contributed by atoms with Gasteiger partial charge in [-0.3, -0.25) is 4.79 Å². The van der Waals surface area contributed by atoms with E-state index in [2.05, 4.69) is 0 Å². The molecular weight excluding hydrogens is 368 g/mol. The lowest BCUT2D eigenvalue weighted by molar-refractivity contribution is -0.134. The van der Waals surface area contributed by atoms with Crippen LogP contribution in [0.15, 0.2) is 24.3 Å². The Morgan fingerprint density at radius 1 is 1.04 bits per heavy atom. The molecule has 1 heterocycles. The molecule has 0 radical (unpaired) electrons. The number of esters is 1. The van der Waals surface area contributed by atoms with E-state index in [-0.39, 0.29) is 23.8 Å². The summed E-state index contributed by atoms with van der Waals surface area (Å²) in [4.78, 5) is 26.1. The number of nitrogens with zero attached hydrogens (tertiary/aromatic N) is 2. The standard InChI is InChI=1S/C19H24N2O5S/c20-10-13-27(24,25)15-16-6-8-17(9-7-16)19(23)26-14-18(22)21-11-4-2-1-3-5-12-21/h6-9H,1-5,11-15H2. The van der Waals surface area contributed by atoms with E-state index in [9.17, 15) is 18.0 Å². The van der Waals surface area contributed by atoms with Gasteiger partial charge in [0.1, 0.15) is 5.75 Å². The van der Waals surface area contributed by atoms with Crippen LogP contribution in [0.25, 0.3) is 0 Å². The third kappa shape index (κ3) is 7.02. The summed E-state index contributed by atoms with van der Waals surface area (Å²) in [6.45, 7) is 1.10. The minimum absolute atomic E-state index is 0.190. The molecule has 0 spiro atoms. The van der Waals surface area contributed by atoms with E-state index < -0.39 is 21.6 Å². The second-order valence-electron chi connectivity index (χ2n) is 6.61. The van der Waals surface area contributed by atoms with Crippen molar-refractivity contribution < 1.29 is 22.7 Å². The summed E-state index contributed by atoms with van der Waals surface area (Å²) in [5.74, 6) is -1.62. The molecule has 1 aliphatic heterocycles. The number of carbonyl (C=O) groups excluding carboxylic acids is 2. The second kappa shape index (κ2) is 10.1. The maximum Gasteiger partial charge on any atom is 0.338 e. The summed E-state index contributed by atoms with van der Waals surface area (Å²) < 4.78 is 28.4. The van der Waals surface area contributed by atoms with Crippen LogP contribution >= 0.6 is 0 Å². The van der Waals surface area contributed by atoms with E-state index in [1.807, 2.05) is 0 Å². The molecule has 1 aromatic carbocycles. The van der Waals surface area contributed by atoms with E-state index in [0.717, 1.165) is 25.7 Å². The highest BCUT2D eigenvalue weighted by atomic mass is 32.2. The molecule has 27 heavy (non-hydrogen) atoms. The van der Waals surface area contributed by atoms with Crippen molar-refractivity contribution in [1.82, 2.24) is 4.90 Å². The van der Waals surface area contributed by atoms with Crippen LogP contribution in [-0.4, -0.2) is 50.6 Å². The Morgan fingerprint density at radius 2 is 1.63 bits per heavy atom. The van der Waals surface area contributed by atoms with Gasteiger partial charge in [-0.05, 0) is 30.5 Å². The fourth-order valence-electron chi connectivity index (χ4n) is 2.94. The van der Waals surface area contributed by atoms with Crippen molar-refractivity contribution in [3.05, 3.63) is 35.4 Å². The molecular formula is C19H24N2O5S. The van der Waals surface area contributed by atoms with Crippen LogP contribution in [0.2, 0.25) is 0 Å². The Hall–Kier alpha value is -2.40. The van der Waals surface area contributed by atoms with E-state index in [1.165, 1.54) is 30.7 Å². The average molecular weight is 392 g/mol. The van der Waals surface area contributed by atoms with Crippen molar-refractivity contribution in [2.24, 2.45) is 0 Å². The van der Waals surface area contributed by atoms with E-state index in [1.54, 1.807) is 11.0 Å². The van der Waals surface area contributed by atoms with Crippen LogP contribution in [0.1, 0.15) is 48.0 Å². The minimum Gasteiger partial charge on any atom is -0.452 e. The SMILES string of the molecule is N#CCS(=O)(=O)Cc1ccc(C(=O)OCC(=O)N2CCCCCCC2)cc1.